The first-order valence-electron chi connectivity index (χ1n) is 9.60. The van der Waals surface area contributed by atoms with Gasteiger partial charge >= 0.3 is 6.36 Å². The first-order valence-corrected chi connectivity index (χ1v) is 10.5. The monoisotopic (exact) mass is 426 g/mol. The van der Waals surface area contributed by atoms with E-state index in [1.807, 2.05) is 0 Å². The molecular weight excluding hydrogens is 401 g/mol. The summed E-state index contributed by atoms with van der Waals surface area (Å²) in [6, 6.07) is 5.79. The maximum atomic E-state index is 12.6. The van der Waals surface area contributed by atoms with Gasteiger partial charge in [-0.25, -0.2) is 4.98 Å². The third-order valence-corrected chi connectivity index (χ3v) is 6.03. The second-order valence-electron chi connectivity index (χ2n) is 8.31. The highest BCUT2D eigenvalue weighted by molar-refractivity contribution is 7.09. The molecule has 0 aliphatic carbocycles. The molecule has 1 aliphatic rings. The van der Waals surface area contributed by atoms with Gasteiger partial charge in [-0.1, -0.05) is 39.0 Å². The smallest absolute Gasteiger partial charge is 0.405 e. The normalized spacial score (nSPS) is 16.1. The number of hydrogen-bond donors (Lipinski definition) is 0. The first kappa shape index (κ1) is 21.6. The number of amides is 1. The van der Waals surface area contributed by atoms with E-state index in [1.54, 1.807) is 22.3 Å². The fourth-order valence-electron chi connectivity index (χ4n) is 3.34. The quantitative estimate of drug-likeness (QED) is 0.667. The third-order valence-electron chi connectivity index (χ3n) is 5.03. The summed E-state index contributed by atoms with van der Waals surface area (Å²) in [4.78, 5) is 19.1. The maximum absolute atomic E-state index is 12.6. The molecule has 0 radical (unpaired) electrons. The highest BCUT2D eigenvalue weighted by Crippen LogP contribution is 2.34. The van der Waals surface area contributed by atoms with E-state index >= 15 is 0 Å². The van der Waals surface area contributed by atoms with Crippen molar-refractivity contribution in [3.05, 3.63) is 45.9 Å². The van der Waals surface area contributed by atoms with Crippen LogP contribution in [0.5, 0.6) is 5.75 Å². The molecule has 29 heavy (non-hydrogen) atoms. The number of hydrogen-bond acceptors (Lipinski definition) is 4. The Morgan fingerprint density at radius 1 is 1.21 bits per heavy atom. The van der Waals surface area contributed by atoms with Crippen LogP contribution in [0.4, 0.5) is 13.2 Å². The lowest BCUT2D eigenvalue weighted by Gasteiger charge is -2.31. The number of ether oxygens (including phenoxy) is 1. The summed E-state index contributed by atoms with van der Waals surface area (Å²) in [5.74, 6) is -0.182. The minimum Gasteiger partial charge on any atom is -0.405 e. The van der Waals surface area contributed by atoms with Crippen molar-refractivity contribution in [2.75, 3.05) is 13.1 Å². The Labute approximate surface area is 172 Å². The summed E-state index contributed by atoms with van der Waals surface area (Å²) in [5, 5.41) is 3.20. The van der Waals surface area contributed by atoms with Crippen LogP contribution < -0.4 is 4.74 Å². The van der Waals surface area contributed by atoms with E-state index in [4.69, 9.17) is 4.98 Å². The summed E-state index contributed by atoms with van der Waals surface area (Å²) in [5.41, 5.74) is 1.33. The summed E-state index contributed by atoms with van der Waals surface area (Å²) >= 11 is 1.66. The van der Waals surface area contributed by atoms with Gasteiger partial charge in [0.1, 0.15) is 5.75 Å². The number of aromatic nitrogens is 1. The molecule has 2 heterocycles. The number of carbonyl (C=O) groups is 1. The first-order chi connectivity index (χ1) is 13.5. The predicted molar refractivity (Wildman–Crippen MR) is 106 cm³/mol. The fraction of sp³-hybridized carbons (Fsp3) is 0.524. The molecule has 0 atom stereocenters. The van der Waals surface area contributed by atoms with Crippen molar-refractivity contribution >= 4 is 17.2 Å². The number of piperidine rings is 1. The van der Waals surface area contributed by atoms with Crippen molar-refractivity contribution in [1.82, 2.24) is 9.88 Å². The van der Waals surface area contributed by atoms with Crippen LogP contribution in [0.25, 0.3) is 0 Å². The molecule has 0 saturated carbocycles. The van der Waals surface area contributed by atoms with Crippen LogP contribution in [-0.2, 0) is 16.6 Å². The van der Waals surface area contributed by atoms with Crippen LogP contribution in [0, 0.1) is 0 Å². The standard InChI is InChI=1S/C21H25F3N2O2S/c1-20(2,3)17-13-29-19(25-17)14-8-10-26(11-9-14)18(27)12-15-6-4-5-7-16(15)28-21(22,23)24/h4-7,13-14H,8-12H2,1-3H3. The number of para-hydroxylation sites is 1. The van der Waals surface area contributed by atoms with Crippen LogP contribution in [0.3, 0.4) is 0 Å². The lowest BCUT2D eigenvalue weighted by molar-refractivity contribution is -0.274. The van der Waals surface area contributed by atoms with Gasteiger partial charge in [-0.15, -0.1) is 24.5 Å². The number of alkyl halides is 3. The zero-order chi connectivity index (χ0) is 21.2. The second-order valence-corrected chi connectivity index (χ2v) is 9.20. The summed E-state index contributed by atoms with van der Waals surface area (Å²) in [7, 11) is 0. The molecule has 0 N–H and O–H groups in total. The Morgan fingerprint density at radius 2 is 1.86 bits per heavy atom. The molecule has 0 spiro atoms. The van der Waals surface area contributed by atoms with Crippen molar-refractivity contribution in [1.29, 1.82) is 0 Å². The van der Waals surface area contributed by atoms with E-state index in [0.29, 0.717) is 19.0 Å². The molecule has 4 nitrogen and oxygen atoms in total. The van der Waals surface area contributed by atoms with Crippen molar-refractivity contribution in [3.63, 3.8) is 0 Å². The number of carbonyl (C=O) groups excluding carboxylic acids is 1. The van der Waals surface area contributed by atoms with Gasteiger partial charge in [-0.2, -0.15) is 0 Å². The summed E-state index contributed by atoms with van der Waals surface area (Å²) in [6.45, 7) is 7.56. The molecule has 1 aliphatic heterocycles. The van der Waals surface area contributed by atoms with E-state index in [0.717, 1.165) is 23.5 Å². The number of benzene rings is 1. The van der Waals surface area contributed by atoms with E-state index in [-0.39, 0.29) is 29.1 Å². The zero-order valence-electron chi connectivity index (χ0n) is 16.8. The van der Waals surface area contributed by atoms with E-state index in [2.05, 4.69) is 30.9 Å². The van der Waals surface area contributed by atoms with Gasteiger partial charge in [-0.05, 0) is 18.9 Å². The van der Waals surface area contributed by atoms with Crippen LogP contribution in [-0.4, -0.2) is 35.2 Å². The van der Waals surface area contributed by atoms with Crippen molar-refractivity contribution < 1.29 is 22.7 Å². The molecular formula is C21H25F3N2O2S. The SMILES string of the molecule is CC(C)(C)c1csc(C2CCN(C(=O)Cc3ccccc3OC(F)(F)F)CC2)n1. The highest BCUT2D eigenvalue weighted by Gasteiger charge is 2.33. The number of thiazole rings is 1. The molecule has 8 heteroatoms. The topological polar surface area (TPSA) is 42.4 Å². The van der Waals surface area contributed by atoms with Gasteiger partial charge in [0.25, 0.3) is 0 Å². The van der Waals surface area contributed by atoms with E-state index in [9.17, 15) is 18.0 Å². The van der Waals surface area contributed by atoms with Crippen LogP contribution in [0.2, 0.25) is 0 Å². The molecule has 3 rings (SSSR count). The summed E-state index contributed by atoms with van der Waals surface area (Å²) in [6.07, 6.45) is -3.27. The number of nitrogens with zero attached hydrogens (tertiary/aromatic N) is 2. The molecule has 1 aromatic heterocycles. The molecule has 1 aromatic carbocycles. The number of likely N-dealkylation sites (tertiary alicyclic amines) is 1. The van der Waals surface area contributed by atoms with Crippen molar-refractivity contribution in [3.8, 4) is 5.75 Å². The molecule has 1 fully saturated rings. The maximum Gasteiger partial charge on any atom is 0.573 e. The van der Waals surface area contributed by atoms with E-state index < -0.39 is 6.36 Å². The lowest BCUT2D eigenvalue weighted by Crippen LogP contribution is -2.38. The fourth-order valence-corrected chi connectivity index (χ4v) is 4.56. The molecule has 158 valence electrons. The predicted octanol–water partition coefficient (Wildman–Crippen LogP) is 5.29. The third kappa shape index (κ3) is 5.72. The Kier molecular flexibility index (Phi) is 6.22. The molecule has 0 bridgehead atoms. The number of rotatable bonds is 4. The van der Waals surface area contributed by atoms with Crippen LogP contribution in [0.1, 0.15) is 55.8 Å². The largest absolute Gasteiger partial charge is 0.573 e. The molecule has 0 unspecified atom stereocenters. The number of halogens is 3. The van der Waals surface area contributed by atoms with Gasteiger partial charge in [0, 0.05) is 35.4 Å². The lowest BCUT2D eigenvalue weighted by atomic mass is 9.93. The van der Waals surface area contributed by atoms with Crippen LogP contribution in [0.15, 0.2) is 29.6 Å². The van der Waals surface area contributed by atoms with Gasteiger partial charge in [-0.3, -0.25) is 4.79 Å². The minimum absolute atomic E-state index is 0.0112. The molecule has 1 saturated heterocycles. The Morgan fingerprint density at radius 3 is 2.45 bits per heavy atom. The van der Waals surface area contributed by atoms with Gasteiger partial charge in [0.15, 0.2) is 0 Å². The van der Waals surface area contributed by atoms with Gasteiger partial charge < -0.3 is 9.64 Å². The molecule has 2 aromatic rings. The summed E-state index contributed by atoms with van der Waals surface area (Å²) < 4.78 is 41.8. The highest BCUT2D eigenvalue weighted by atomic mass is 32.1. The minimum atomic E-state index is -4.78. The Balaban J connectivity index is 1.59. The van der Waals surface area contributed by atoms with Crippen LogP contribution >= 0.6 is 11.3 Å². The second kappa shape index (κ2) is 8.34. The Hall–Kier alpha value is -2.09. The van der Waals surface area contributed by atoms with Gasteiger partial charge in [0.2, 0.25) is 5.91 Å². The molecule has 1 amide bonds. The van der Waals surface area contributed by atoms with Gasteiger partial charge in [0.05, 0.1) is 17.1 Å². The van der Waals surface area contributed by atoms with Crippen molar-refractivity contribution in [2.45, 2.75) is 57.7 Å². The Bertz CT molecular complexity index is 850. The van der Waals surface area contributed by atoms with Crippen molar-refractivity contribution in [2.24, 2.45) is 0 Å². The van der Waals surface area contributed by atoms with E-state index in [1.165, 1.54) is 18.2 Å². The zero-order valence-corrected chi connectivity index (χ0v) is 17.6. The average molecular weight is 427 g/mol. The average Bonchev–Trinajstić information content (AvgIpc) is 3.13.